The lowest BCUT2D eigenvalue weighted by Crippen LogP contribution is -2.40. The predicted molar refractivity (Wildman–Crippen MR) is 98.4 cm³/mol. The fourth-order valence-electron chi connectivity index (χ4n) is 3.53. The van der Waals surface area contributed by atoms with Crippen LogP contribution >= 0.6 is 0 Å². The largest absolute Gasteiger partial charge is 0.463 e. The van der Waals surface area contributed by atoms with E-state index in [1.165, 1.54) is 5.56 Å². The van der Waals surface area contributed by atoms with Crippen LogP contribution in [0.5, 0.6) is 0 Å². The van der Waals surface area contributed by atoms with Crippen molar-refractivity contribution in [3.63, 3.8) is 0 Å². The maximum Gasteiger partial charge on any atom is 0.310 e. The number of allylic oxidation sites excluding steroid dienone is 2. The van der Waals surface area contributed by atoms with Crippen LogP contribution in [-0.4, -0.2) is 37.7 Å². The van der Waals surface area contributed by atoms with Gasteiger partial charge in [0.05, 0.1) is 17.9 Å². The minimum absolute atomic E-state index is 0.0104. The SMILES string of the molecule is O=C(OC[C@@H]1CCCO1)[C@H]1CC=CC[C@H]1C(=O)NCCc1ccccc1. The zero-order valence-electron chi connectivity index (χ0n) is 15.1. The molecule has 0 radical (unpaired) electrons. The van der Waals surface area contributed by atoms with Crippen LogP contribution in [0.15, 0.2) is 42.5 Å². The van der Waals surface area contributed by atoms with E-state index in [1.807, 2.05) is 42.5 Å². The van der Waals surface area contributed by atoms with E-state index >= 15 is 0 Å². The number of ether oxygens (including phenoxy) is 2. The van der Waals surface area contributed by atoms with Crippen LogP contribution < -0.4 is 5.32 Å². The lowest BCUT2D eigenvalue weighted by Gasteiger charge is -2.26. The van der Waals surface area contributed by atoms with Crippen LogP contribution in [0, 0.1) is 11.8 Å². The highest BCUT2D eigenvalue weighted by Gasteiger charge is 2.35. The molecule has 3 atom stereocenters. The monoisotopic (exact) mass is 357 g/mol. The summed E-state index contributed by atoms with van der Waals surface area (Å²) in [4.78, 5) is 25.1. The lowest BCUT2D eigenvalue weighted by atomic mass is 9.82. The Morgan fingerprint density at radius 3 is 2.62 bits per heavy atom. The molecule has 5 heteroatoms. The maximum atomic E-state index is 12.6. The molecular weight excluding hydrogens is 330 g/mol. The van der Waals surface area contributed by atoms with Crippen molar-refractivity contribution in [3.05, 3.63) is 48.0 Å². The second kappa shape index (κ2) is 9.53. The average Bonchev–Trinajstić information content (AvgIpc) is 3.20. The first-order valence-electron chi connectivity index (χ1n) is 9.49. The zero-order chi connectivity index (χ0) is 18.2. The minimum atomic E-state index is -0.405. The van der Waals surface area contributed by atoms with Gasteiger partial charge in [-0.2, -0.15) is 0 Å². The quantitative estimate of drug-likeness (QED) is 0.602. The Morgan fingerprint density at radius 1 is 1.12 bits per heavy atom. The molecule has 1 aromatic carbocycles. The Bertz CT molecular complexity index is 622. The van der Waals surface area contributed by atoms with Crippen molar-refractivity contribution in [2.45, 2.75) is 38.2 Å². The molecule has 1 aliphatic heterocycles. The zero-order valence-corrected chi connectivity index (χ0v) is 15.1. The summed E-state index contributed by atoms with van der Waals surface area (Å²) in [7, 11) is 0. The predicted octanol–water partition coefficient (Wildman–Crippen LogP) is 2.65. The molecule has 0 saturated carbocycles. The van der Waals surface area contributed by atoms with Crippen LogP contribution in [0.2, 0.25) is 0 Å². The summed E-state index contributed by atoms with van der Waals surface area (Å²) in [5.41, 5.74) is 1.18. The molecule has 1 N–H and O–H groups in total. The molecule has 1 heterocycles. The van der Waals surface area contributed by atoms with Crippen LogP contribution in [0.25, 0.3) is 0 Å². The number of carbonyl (C=O) groups is 2. The van der Waals surface area contributed by atoms with Gasteiger partial charge in [0, 0.05) is 13.2 Å². The fourth-order valence-corrected chi connectivity index (χ4v) is 3.53. The van der Waals surface area contributed by atoms with Crippen LogP contribution in [0.1, 0.15) is 31.2 Å². The minimum Gasteiger partial charge on any atom is -0.463 e. The first-order chi connectivity index (χ1) is 12.7. The molecule has 1 aliphatic carbocycles. The summed E-state index contributed by atoms with van der Waals surface area (Å²) >= 11 is 0. The Balaban J connectivity index is 1.48. The van der Waals surface area contributed by atoms with Crippen LogP contribution in [-0.2, 0) is 25.5 Å². The summed E-state index contributed by atoms with van der Waals surface area (Å²) in [5, 5.41) is 2.98. The van der Waals surface area contributed by atoms with E-state index in [0.29, 0.717) is 26.0 Å². The first-order valence-corrected chi connectivity index (χ1v) is 9.49. The van der Waals surface area contributed by atoms with Gasteiger partial charge in [0.25, 0.3) is 0 Å². The van der Waals surface area contributed by atoms with Gasteiger partial charge in [-0.25, -0.2) is 0 Å². The van der Waals surface area contributed by atoms with Gasteiger partial charge >= 0.3 is 5.97 Å². The second-order valence-corrected chi connectivity index (χ2v) is 6.95. The molecule has 1 amide bonds. The van der Waals surface area contributed by atoms with Gasteiger partial charge in [-0.3, -0.25) is 9.59 Å². The van der Waals surface area contributed by atoms with Gasteiger partial charge in [0.2, 0.25) is 5.91 Å². The molecule has 1 saturated heterocycles. The summed E-state index contributed by atoms with van der Waals surface area (Å²) in [6, 6.07) is 10.0. The van der Waals surface area contributed by atoms with Crippen molar-refractivity contribution in [3.8, 4) is 0 Å². The van der Waals surface area contributed by atoms with Crippen molar-refractivity contribution in [2.75, 3.05) is 19.8 Å². The highest BCUT2D eigenvalue weighted by atomic mass is 16.6. The molecular formula is C21H27NO4. The van der Waals surface area contributed by atoms with Crippen molar-refractivity contribution in [2.24, 2.45) is 11.8 Å². The van der Waals surface area contributed by atoms with Gasteiger partial charge in [0.1, 0.15) is 6.61 Å². The first kappa shape index (κ1) is 18.6. The van der Waals surface area contributed by atoms with Crippen LogP contribution in [0.4, 0.5) is 0 Å². The van der Waals surface area contributed by atoms with Gasteiger partial charge in [0.15, 0.2) is 0 Å². The van der Waals surface area contributed by atoms with E-state index in [1.54, 1.807) is 0 Å². The molecule has 0 bridgehead atoms. The summed E-state index contributed by atoms with van der Waals surface area (Å²) < 4.78 is 10.9. The lowest BCUT2D eigenvalue weighted by molar-refractivity contribution is -0.156. The molecule has 0 spiro atoms. The maximum absolute atomic E-state index is 12.6. The van der Waals surface area contributed by atoms with E-state index in [4.69, 9.17) is 9.47 Å². The molecule has 3 rings (SSSR count). The number of hydrogen-bond donors (Lipinski definition) is 1. The second-order valence-electron chi connectivity index (χ2n) is 6.95. The number of carbonyl (C=O) groups excluding carboxylic acids is 2. The summed E-state index contributed by atoms with van der Waals surface area (Å²) in [5.74, 6) is -1.11. The number of amides is 1. The molecule has 1 fully saturated rings. The molecule has 0 unspecified atom stereocenters. The number of benzene rings is 1. The summed E-state index contributed by atoms with van der Waals surface area (Å²) in [6.07, 6.45) is 7.82. The topological polar surface area (TPSA) is 64.6 Å². The highest BCUT2D eigenvalue weighted by Crippen LogP contribution is 2.27. The van der Waals surface area contributed by atoms with E-state index in [0.717, 1.165) is 25.9 Å². The van der Waals surface area contributed by atoms with Crippen LogP contribution in [0.3, 0.4) is 0 Å². The van der Waals surface area contributed by atoms with E-state index < -0.39 is 5.92 Å². The van der Waals surface area contributed by atoms with Crippen molar-refractivity contribution in [1.29, 1.82) is 0 Å². The molecule has 1 aromatic rings. The Kier molecular flexibility index (Phi) is 6.83. The van der Waals surface area contributed by atoms with Crippen molar-refractivity contribution in [1.82, 2.24) is 5.32 Å². The van der Waals surface area contributed by atoms with Gasteiger partial charge in [-0.1, -0.05) is 42.5 Å². The van der Waals surface area contributed by atoms with Gasteiger partial charge in [-0.05, 0) is 37.7 Å². The van der Waals surface area contributed by atoms with E-state index in [-0.39, 0.29) is 23.9 Å². The average molecular weight is 357 g/mol. The van der Waals surface area contributed by atoms with Gasteiger partial charge in [-0.15, -0.1) is 0 Å². The van der Waals surface area contributed by atoms with E-state index in [2.05, 4.69) is 5.32 Å². The number of nitrogens with one attached hydrogen (secondary N) is 1. The highest BCUT2D eigenvalue weighted by molar-refractivity contribution is 5.86. The standard InChI is InChI=1S/C21H27NO4/c23-20(22-13-12-16-7-2-1-3-8-16)18-10-4-5-11-19(18)21(24)26-15-17-9-6-14-25-17/h1-5,7-8,17-19H,6,9-15H2,(H,22,23)/t17-,18+,19-/m0/s1. The molecule has 140 valence electrons. The van der Waals surface area contributed by atoms with Gasteiger partial charge < -0.3 is 14.8 Å². The van der Waals surface area contributed by atoms with Crippen molar-refractivity contribution >= 4 is 11.9 Å². The Labute approximate surface area is 154 Å². The third-order valence-corrected chi connectivity index (χ3v) is 5.06. The smallest absolute Gasteiger partial charge is 0.310 e. The Hall–Kier alpha value is -2.14. The van der Waals surface area contributed by atoms with E-state index in [9.17, 15) is 9.59 Å². The third-order valence-electron chi connectivity index (χ3n) is 5.06. The van der Waals surface area contributed by atoms with Crippen molar-refractivity contribution < 1.29 is 19.1 Å². The number of esters is 1. The summed E-state index contributed by atoms with van der Waals surface area (Å²) in [6.45, 7) is 1.60. The molecule has 2 aliphatic rings. The normalized spacial score (nSPS) is 25.0. The molecule has 0 aromatic heterocycles. The molecule has 26 heavy (non-hydrogen) atoms. The number of hydrogen-bond acceptors (Lipinski definition) is 4. The Morgan fingerprint density at radius 2 is 1.88 bits per heavy atom. The molecule has 5 nitrogen and oxygen atoms in total. The fraction of sp³-hybridized carbons (Fsp3) is 0.524. The number of rotatable bonds is 7. The third kappa shape index (κ3) is 5.18.